The van der Waals surface area contributed by atoms with Crippen molar-refractivity contribution in [3.8, 4) is 17.2 Å². The van der Waals surface area contributed by atoms with Crippen molar-refractivity contribution < 1.29 is 0 Å². The molecular formula is C18H23BN6. The molecule has 1 saturated heterocycles. The summed E-state index contributed by atoms with van der Waals surface area (Å²) in [6, 6.07) is 3.87. The predicted molar refractivity (Wildman–Crippen MR) is 101 cm³/mol. The van der Waals surface area contributed by atoms with Crippen LogP contribution in [0.4, 0.5) is 0 Å². The number of nitrogens with one attached hydrogen (secondary N) is 2. The highest BCUT2D eigenvalue weighted by Gasteiger charge is 2.08. The zero-order valence-corrected chi connectivity index (χ0v) is 14.8. The van der Waals surface area contributed by atoms with Gasteiger partial charge in [-0.2, -0.15) is 15.5 Å². The molecule has 2 radical (unpaired) electrons. The van der Waals surface area contributed by atoms with Crippen LogP contribution >= 0.6 is 0 Å². The van der Waals surface area contributed by atoms with Gasteiger partial charge in [0.15, 0.2) is 0 Å². The monoisotopic (exact) mass is 334 g/mol. The minimum atomic E-state index is 0.473. The van der Waals surface area contributed by atoms with Crippen LogP contribution in [0.2, 0.25) is 0 Å². The zero-order chi connectivity index (χ0) is 18.1. The third-order valence-electron chi connectivity index (χ3n) is 3.80. The number of piperidine rings is 1. The molecule has 4 heterocycles. The maximum Gasteiger partial charge on any atom is 0.116 e. The van der Waals surface area contributed by atoms with Crippen LogP contribution in [0.15, 0.2) is 30.9 Å². The molecule has 1 aliphatic heterocycles. The number of aromatic amines is 1. The minimum absolute atomic E-state index is 0.473. The Morgan fingerprint density at radius 2 is 1.92 bits per heavy atom. The second-order valence-corrected chi connectivity index (χ2v) is 5.44. The van der Waals surface area contributed by atoms with Gasteiger partial charge in [0, 0.05) is 23.5 Å². The Kier molecular flexibility index (Phi) is 7.24. The summed E-state index contributed by atoms with van der Waals surface area (Å²) in [6.07, 6.45) is 11.0. The number of aromatic nitrogens is 4. The van der Waals surface area contributed by atoms with Gasteiger partial charge in [-0.25, -0.2) is 4.52 Å². The molecule has 0 amide bonds. The highest BCUT2D eigenvalue weighted by molar-refractivity contribution is 6.37. The average Bonchev–Trinajstić information content (AvgIpc) is 3.35. The lowest BCUT2D eigenvalue weighted by Gasteiger charge is -2.08. The standard InChI is InChI=1S/C11H6BN5.C5H11N.C2H6/c12-10-1-7(9-3-14-15-4-9)6-17-11(10)8(2-13)5-16-17;1-2-4-6-5-3-1;1-2/h1,3-6H,(H,14,15);6H,1-5H2;1-2H3. The van der Waals surface area contributed by atoms with Crippen LogP contribution in [-0.4, -0.2) is 40.7 Å². The maximum absolute atomic E-state index is 8.93. The first-order chi connectivity index (χ1) is 12.3. The van der Waals surface area contributed by atoms with Crippen LogP contribution in [0.3, 0.4) is 0 Å². The van der Waals surface area contributed by atoms with Crippen molar-refractivity contribution in [3.63, 3.8) is 0 Å². The minimum Gasteiger partial charge on any atom is -0.317 e. The van der Waals surface area contributed by atoms with Crippen molar-refractivity contribution in [1.29, 1.82) is 5.26 Å². The number of hydrogen-bond donors (Lipinski definition) is 2. The molecule has 3 aromatic heterocycles. The van der Waals surface area contributed by atoms with Crippen LogP contribution in [0.1, 0.15) is 38.7 Å². The summed E-state index contributed by atoms with van der Waals surface area (Å²) >= 11 is 0. The largest absolute Gasteiger partial charge is 0.317 e. The van der Waals surface area contributed by atoms with Crippen LogP contribution < -0.4 is 10.8 Å². The summed E-state index contributed by atoms with van der Waals surface area (Å²) in [5.74, 6) is 0. The lowest BCUT2D eigenvalue weighted by molar-refractivity contribution is 0.520. The molecule has 2 N–H and O–H groups in total. The molecule has 0 saturated carbocycles. The number of pyridine rings is 1. The Morgan fingerprint density at radius 1 is 1.16 bits per heavy atom. The van der Waals surface area contributed by atoms with Gasteiger partial charge in [0.2, 0.25) is 0 Å². The number of rotatable bonds is 1. The first kappa shape index (κ1) is 18.7. The third-order valence-corrected chi connectivity index (χ3v) is 3.80. The Morgan fingerprint density at radius 3 is 2.44 bits per heavy atom. The van der Waals surface area contributed by atoms with E-state index in [2.05, 4.69) is 26.7 Å². The van der Waals surface area contributed by atoms with E-state index >= 15 is 0 Å². The predicted octanol–water partition coefficient (Wildman–Crippen LogP) is 2.18. The number of hydrogen-bond acceptors (Lipinski definition) is 4. The first-order valence-electron chi connectivity index (χ1n) is 8.66. The van der Waals surface area contributed by atoms with E-state index in [4.69, 9.17) is 13.1 Å². The Labute approximate surface area is 149 Å². The van der Waals surface area contributed by atoms with Crippen molar-refractivity contribution in [1.82, 2.24) is 25.1 Å². The summed E-state index contributed by atoms with van der Waals surface area (Å²) in [5, 5.41) is 22.9. The van der Waals surface area contributed by atoms with E-state index in [1.54, 1.807) is 16.9 Å². The molecule has 1 fully saturated rings. The molecule has 4 rings (SSSR count). The maximum atomic E-state index is 8.93. The van der Waals surface area contributed by atoms with Crippen molar-refractivity contribution in [2.75, 3.05) is 13.1 Å². The normalized spacial score (nSPS) is 13.2. The Balaban J connectivity index is 0.000000237. The van der Waals surface area contributed by atoms with Gasteiger partial charge in [0.1, 0.15) is 13.9 Å². The lowest BCUT2D eigenvalue weighted by atomic mass is 9.92. The fourth-order valence-corrected chi connectivity index (χ4v) is 2.60. The first-order valence-corrected chi connectivity index (χ1v) is 8.66. The van der Waals surface area contributed by atoms with E-state index < -0.39 is 0 Å². The van der Waals surface area contributed by atoms with E-state index in [0.29, 0.717) is 16.5 Å². The third kappa shape index (κ3) is 4.71. The van der Waals surface area contributed by atoms with Gasteiger partial charge in [-0.15, -0.1) is 0 Å². The molecule has 0 bridgehead atoms. The number of fused-ring (bicyclic) bond motifs is 1. The Hall–Kier alpha value is -2.59. The molecule has 128 valence electrons. The van der Waals surface area contributed by atoms with Gasteiger partial charge in [-0.3, -0.25) is 5.10 Å². The van der Waals surface area contributed by atoms with Crippen LogP contribution in [-0.2, 0) is 0 Å². The molecule has 7 heteroatoms. The van der Waals surface area contributed by atoms with Crippen LogP contribution in [0, 0.1) is 11.3 Å². The SMILES string of the molecule is C1CCNCC1.CC.[B]c1cc(-c2cn[nH]c2)cn2ncc(C#N)c12. The molecule has 3 aromatic rings. The van der Waals surface area contributed by atoms with E-state index in [1.807, 2.05) is 26.1 Å². The second kappa shape index (κ2) is 9.65. The van der Waals surface area contributed by atoms with Gasteiger partial charge in [-0.1, -0.05) is 31.8 Å². The molecule has 0 aliphatic carbocycles. The van der Waals surface area contributed by atoms with Crippen molar-refractivity contribution >= 4 is 18.8 Å². The summed E-state index contributed by atoms with van der Waals surface area (Å²) in [4.78, 5) is 0. The fraction of sp³-hybridized carbons (Fsp3) is 0.389. The topological polar surface area (TPSA) is 81.8 Å². The van der Waals surface area contributed by atoms with Crippen LogP contribution in [0.25, 0.3) is 16.6 Å². The molecule has 0 atom stereocenters. The highest BCUT2D eigenvalue weighted by atomic mass is 15.2. The quantitative estimate of drug-likeness (QED) is 0.668. The second-order valence-electron chi connectivity index (χ2n) is 5.44. The highest BCUT2D eigenvalue weighted by Crippen LogP contribution is 2.18. The van der Waals surface area contributed by atoms with Gasteiger partial charge in [-0.05, 0) is 25.9 Å². The summed E-state index contributed by atoms with van der Waals surface area (Å²) in [7, 11) is 5.94. The van der Waals surface area contributed by atoms with Gasteiger partial charge < -0.3 is 5.32 Å². The molecule has 6 nitrogen and oxygen atoms in total. The number of H-pyrrole nitrogens is 1. The van der Waals surface area contributed by atoms with E-state index in [9.17, 15) is 0 Å². The zero-order valence-electron chi connectivity index (χ0n) is 14.8. The number of nitrogens with zero attached hydrogens (tertiary/aromatic N) is 4. The van der Waals surface area contributed by atoms with Crippen molar-refractivity contribution in [2.24, 2.45) is 0 Å². The number of nitriles is 1. The molecule has 1 aliphatic rings. The molecule has 25 heavy (non-hydrogen) atoms. The van der Waals surface area contributed by atoms with E-state index in [0.717, 1.165) is 11.1 Å². The summed E-state index contributed by atoms with van der Waals surface area (Å²) in [6.45, 7) is 6.50. The van der Waals surface area contributed by atoms with Gasteiger partial charge in [0.25, 0.3) is 0 Å². The lowest BCUT2D eigenvalue weighted by Crippen LogP contribution is -2.21. The van der Waals surface area contributed by atoms with Crippen molar-refractivity contribution in [3.05, 3.63) is 36.4 Å². The summed E-state index contributed by atoms with van der Waals surface area (Å²) in [5.41, 5.74) is 3.46. The van der Waals surface area contributed by atoms with E-state index in [1.165, 1.54) is 38.5 Å². The van der Waals surface area contributed by atoms with Crippen molar-refractivity contribution in [2.45, 2.75) is 33.1 Å². The van der Waals surface area contributed by atoms with Gasteiger partial charge in [0.05, 0.1) is 23.5 Å². The smallest absolute Gasteiger partial charge is 0.116 e. The van der Waals surface area contributed by atoms with E-state index in [-0.39, 0.29) is 0 Å². The fourth-order valence-electron chi connectivity index (χ4n) is 2.60. The average molecular weight is 334 g/mol. The molecule has 0 aromatic carbocycles. The molecule has 0 unspecified atom stereocenters. The van der Waals surface area contributed by atoms with Gasteiger partial charge >= 0.3 is 0 Å². The molecular weight excluding hydrogens is 311 g/mol. The Bertz CT molecular complexity index is 801. The molecule has 0 spiro atoms. The summed E-state index contributed by atoms with van der Waals surface area (Å²) < 4.78 is 1.61. The van der Waals surface area contributed by atoms with Crippen LogP contribution in [0.5, 0.6) is 0 Å².